The number of hydrogen-bond donors (Lipinski definition) is 2. The number of methoxy groups -OCH3 is 1. The highest BCUT2D eigenvalue weighted by atomic mass is 35.5. The summed E-state index contributed by atoms with van der Waals surface area (Å²) in [5.74, 6) is -0.229. The molecule has 34 heavy (non-hydrogen) atoms. The number of hydrogen-bond acceptors (Lipinski definition) is 6. The van der Waals surface area contributed by atoms with Crippen LogP contribution in [0.1, 0.15) is 16.7 Å². The van der Waals surface area contributed by atoms with Crippen LogP contribution in [0.3, 0.4) is 0 Å². The number of benzene rings is 3. The second kappa shape index (κ2) is 8.75. The van der Waals surface area contributed by atoms with Crippen LogP contribution in [0.25, 0.3) is 11.1 Å². The molecule has 0 saturated carbocycles. The van der Waals surface area contributed by atoms with E-state index in [9.17, 15) is 13.2 Å². The van der Waals surface area contributed by atoms with E-state index in [1.807, 2.05) is 12.1 Å². The van der Waals surface area contributed by atoms with Crippen LogP contribution in [-0.4, -0.2) is 43.9 Å². The van der Waals surface area contributed by atoms with E-state index in [0.29, 0.717) is 27.5 Å². The van der Waals surface area contributed by atoms with Gasteiger partial charge >= 0.3 is 0 Å². The lowest BCUT2D eigenvalue weighted by molar-refractivity contribution is -0.129. The van der Waals surface area contributed by atoms with Gasteiger partial charge in [-0.15, -0.1) is 0 Å². The summed E-state index contributed by atoms with van der Waals surface area (Å²) in [6, 6.07) is 18.8. The van der Waals surface area contributed by atoms with E-state index in [1.54, 1.807) is 56.6 Å². The van der Waals surface area contributed by atoms with Crippen molar-refractivity contribution in [2.24, 2.45) is 10.7 Å². The Balaban J connectivity index is 1.89. The minimum absolute atomic E-state index is 0.0535. The highest BCUT2D eigenvalue weighted by Gasteiger charge is 2.49. The summed E-state index contributed by atoms with van der Waals surface area (Å²) in [6.45, 7) is 0. The van der Waals surface area contributed by atoms with Gasteiger partial charge in [0, 0.05) is 17.6 Å². The molecule has 1 atom stereocenters. The van der Waals surface area contributed by atoms with Gasteiger partial charge in [-0.3, -0.25) is 14.2 Å². The summed E-state index contributed by atoms with van der Waals surface area (Å²) in [7, 11) is -1.09. The summed E-state index contributed by atoms with van der Waals surface area (Å²) < 4.78 is 37.1. The highest BCUT2D eigenvalue weighted by Crippen LogP contribution is 2.42. The van der Waals surface area contributed by atoms with Crippen molar-refractivity contribution < 1.29 is 22.5 Å². The van der Waals surface area contributed by atoms with Crippen LogP contribution in [-0.2, 0) is 26.2 Å². The molecular formula is C24H22ClN3O5S. The monoisotopic (exact) mass is 499 g/mol. The van der Waals surface area contributed by atoms with Crippen molar-refractivity contribution in [2.75, 3.05) is 14.2 Å². The molecule has 0 aromatic heterocycles. The van der Waals surface area contributed by atoms with Crippen LogP contribution < -0.4 is 10.5 Å². The standard InChI is InChI=1S/C24H22ClN3O5S/c1-28-22(29)24(27-23(28)26,17-8-6-15(7-9-17)14-34(30,31)32)18-5-3-4-16(12-18)20-13-19(25)10-11-21(20)33-2/h3-13H,14H2,1-2H3,(H2,26,27)(H,30,31,32). The maximum Gasteiger partial charge on any atom is 0.269 e. The number of halogens is 1. The molecule has 3 aromatic rings. The predicted octanol–water partition coefficient (Wildman–Crippen LogP) is 3.43. The van der Waals surface area contributed by atoms with Gasteiger partial charge in [-0.2, -0.15) is 8.42 Å². The van der Waals surface area contributed by atoms with E-state index >= 15 is 0 Å². The van der Waals surface area contributed by atoms with E-state index in [-0.39, 0.29) is 11.9 Å². The lowest BCUT2D eigenvalue weighted by atomic mass is 9.81. The second-order valence-electron chi connectivity index (χ2n) is 7.89. The quantitative estimate of drug-likeness (QED) is 0.501. The van der Waals surface area contributed by atoms with Crippen molar-refractivity contribution >= 4 is 33.6 Å². The number of nitrogens with zero attached hydrogens (tertiary/aromatic N) is 2. The molecule has 0 bridgehead atoms. The second-order valence-corrected chi connectivity index (χ2v) is 9.78. The summed E-state index contributed by atoms with van der Waals surface area (Å²) in [4.78, 5) is 19.4. The summed E-state index contributed by atoms with van der Waals surface area (Å²) in [6.07, 6.45) is 0. The Bertz CT molecular complexity index is 1410. The van der Waals surface area contributed by atoms with Gasteiger partial charge in [0.1, 0.15) is 11.5 Å². The van der Waals surface area contributed by atoms with Crippen LogP contribution in [0.4, 0.5) is 0 Å². The molecule has 1 heterocycles. The number of rotatable bonds is 6. The molecule has 10 heteroatoms. The predicted molar refractivity (Wildman–Crippen MR) is 130 cm³/mol. The van der Waals surface area contributed by atoms with Crippen molar-refractivity contribution in [3.63, 3.8) is 0 Å². The molecule has 4 rings (SSSR count). The molecule has 1 amide bonds. The summed E-state index contributed by atoms with van der Waals surface area (Å²) in [5.41, 5.74) is 7.51. The number of carbonyl (C=O) groups is 1. The van der Waals surface area contributed by atoms with Gasteiger partial charge in [-0.25, -0.2) is 4.99 Å². The smallest absolute Gasteiger partial charge is 0.269 e. The first kappa shape index (κ1) is 23.7. The number of amides is 1. The van der Waals surface area contributed by atoms with Gasteiger partial charge in [0.25, 0.3) is 16.0 Å². The van der Waals surface area contributed by atoms with Crippen LogP contribution in [0.5, 0.6) is 5.75 Å². The number of aliphatic imine (C=N–C) groups is 1. The van der Waals surface area contributed by atoms with Gasteiger partial charge in [0.05, 0.1) is 7.11 Å². The van der Waals surface area contributed by atoms with E-state index in [1.165, 1.54) is 17.0 Å². The molecule has 176 valence electrons. The lowest BCUT2D eigenvalue weighted by Gasteiger charge is -2.27. The summed E-state index contributed by atoms with van der Waals surface area (Å²) >= 11 is 6.22. The van der Waals surface area contributed by atoms with E-state index in [2.05, 4.69) is 4.99 Å². The Labute approximate surface area is 202 Å². The zero-order valence-electron chi connectivity index (χ0n) is 18.4. The topological polar surface area (TPSA) is 122 Å². The molecule has 3 aromatic carbocycles. The fraction of sp³-hybridized carbons (Fsp3) is 0.167. The van der Waals surface area contributed by atoms with E-state index < -0.39 is 21.4 Å². The van der Waals surface area contributed by atoms with Gasteiger partial charge < -0.3 is 10.5 Å². The zero-order valence-corrected chi connectivity index (χ0v) is 20.0. The Morgan fingerprint density at radius 3 is 2.38 bits per heavy atom. The number of ether oxygens (including phenoxy) is 1. The average Bonchev–Trinajstić information content (AvgIpc) is 3.03. The minimum Gasteiger partial charge on any atom is -0.496 e. The van der Waals surface area contributed by atoms with Crippen molar-refractivity contribution in [1.82, 2.24) is 4.90 Å². The van der Waals surface area contributed by atoms with E-state index in [4.69, 9.17) is 26.6 Å². The first-order valence-electron chi connectivity index (χ1n) is 10.2. The third kappa shape index (κ3) is 4.25. The summed E-state index contributed by atoms with van der Waals surface area (Å²) in [5, 5.41) is 0.532. The number of nitrogens with two attached hydrogens (primary N) is 1. The first-order valence-corrected chi connectivity index (χ1v) is 12.2. The normalized spacial score (nSPS) is 18.2. The highest BCUT2D eigenvalue weighted by molar-refractivity contribution is 7.85. The SMILES string of the molecule is COc1ccc(Cl)cc1-c1cccc(C2(c3ccc(CS(=O)(=O)O)cc3)N=C(N)N(C)C2=O)c1. The molecule has 1 unspecified atom stereocenters. The fourth-order valence-electron chi connectivity index (χ4n) is 4.05. The molecule has 1 aliphatic rings. The molecule has 1 aliphatic heterocycles. The number of carbonyl (C=O) groups excluding carboxylic acids is 1. The van der Waals surface area contributed by atoms with Crippen molar-refractivity contribution in [2.45, 2.75) is 11.3 Å². The molecular weight excluding hydrogens is 478 g/mol. The van der Waals surface area contributed by atoms with Crippen molar-refractivity contribution in [1.29, 1.82) is 0 Å². The molecule has 3 N–H and O–H groups in total. The third-order valence-corrected chi connectivity index (χ3v) is 6.65. The van der Waals surface area contributed by atoms with E-state index in [0.717, 1.165) is 11.1 Å². The van der Waals surface area contributed by atoms with Crippen LogP contribution in [0.2, 0.25) is 5.02 Å². The zero-order chi connectivity index (χ0) is 24.7. The van der Waals surface area contributed by atoms with Gasteiger partial charge in [-0.1, -0.05) is 54.1 Å². The molecule has 0 aliphatic carbocycles. The van der Waals surface area contributed by atoms with Gasteiger partial charge in [0.2, 0.25) is 0 Å². The largest absolute Gasteiger partial charge is 0.496 e. The number of likely N-dealkylation sites (N-methyl/N-ethyl adjacent to an activating group) is 1. The molecule has 0 fully saturated rings. The van der Waals surface area contributed by atoms with Gasteiger partial charge in [0.15, 0.2) is 11.5 Å². The Kier molecular flexibility index (Phi) is 6.11. The van der Waals surface area contributed by atoms with Crippen LogP contribution >= 0.6 is 11.6 Å². The van der Waals surface area contributed by atoms with Crippen LogP contribution in [0, 0.1) is 0 Å². The third-order valence-electron chi connectivity index (χ3n) is 5.71. The van der Waals surface area contributed by atoms with Gasteiger partial charge in [-0.05, 0) is 46.5 Å². The van der Waals surface area contributed by atoms with Crippen molar-refractivity contribution in [3.8, 4) is 16.9 Å². The Morgan fingerprint density at radius 2 is 1.79 bits per heavy atom. The molecule has 0 radical (unpaired) electrons. The molecule has 0 saturated heterocycles. The average molecular weight is 500 g/mol. The number of guanidine groups is 1. The van der Waals surface area contributed by atoms with Crippen LogP contribution in [0.15, 0.2) is 71.7 Å². The first-order chi connectivity index (χ1) is 16.0. The Morgan fingerprint density at radius 1 is 1.09 bits per heavy atom. The molecule has 0 spiro atoms. The maximum absolute atomic E-state index is 13.5. The maximum atomic E-state index is 13.5. The fourth-order valence-corrected chi connectivity index (χ4v) is 4.84. The molecule has 8 nitrogen and oxygen atoms in total. The lowest BCUT2D eigenvalue weighted by Crippen LogP contribution is -2.41. The Hall–Kier alpha value is -3.40. The minimum atomic E-state index is -4.20. The van der Waals surface area contributed by atoms with Crippen molar-refractivity contribution in [3.05, 3.63) is 88.4 Å².